The number of halogens is 5. The summed E-state index contributed by atoms with van der Waals surface area (Å²) in [6.45, 7) is 0.431. The Morgan fingerprint density at radius 1 is 1.05 bits per heavy atom. The smallest absolute Gasteiger partial charge is 0.200 e. The second-order valence-corrected chi connectivity index (χ2v) is 4.49. The van der Waals surface area contributed by atoms with E-state index < -0.39 is 40.4 Å². The summed E-state index contributed by atoms with van der Waals surface area (Å²) in [5.74, 6) is -9.95. The number of anilines is 1. The molecule has 0 amide bonds. The molecule has 1 unspecified atom stereocenters. The minimum atomic E-state index is -2.18. The minimum absolute atomic E-state index is 0.137. The quantitative estimate of drug-likeness (QED) is 0.526. The SMILES string of the molecule is COC1(CNc2c(F)c(F)c(F)c(F)c2F)CCOC1. The van der Waals surface area contributed by atoms with Crippen molar-refractivity contribution < 1.29 is 31.4 Å². The van der Waals surface area contributed by atoms with Crippen LogP contribution in [0.25, 0.3) is 0 Å². The van der Waals surface area contributed by atoms with Gasteiger partial charge in [0.1, 0.15) is 11.3 Å². The molecular formula is C12H12F5NO2. The van der Waals surface area contributed by atoms with Crippen molar-refractivity contribution in [2.75, 3.05) is 32.2 Å². The van der Waals surface area contributed by atoms with Crippen LogP contribution < -0.4 is 5.32 Å². The molecule has 20 heavy (non-hydrogen) atoms. The van der Waals surface area contributed by atoms with Crippen LogP contribution in [0.4, 0.5) is 27.6 Å². The number of nitrogens with one attached hydrogen (secondary N) is 1. The van der Waals surface area contributed by atoms with Crippen LogP contribution in [0.3, 0.4) is 0 Å². The highest BCUT2D eigenvalue weighted by molar-refractivity contribution is 5.48. The van der Waals surface area contributed by atoms with E-state index in [1.807, 2.05) is 0 Å². The second kappa shape index (κ2) is 5.53. The van der Waals surface area contributed by atoms with Gasteiger partial charge in [-0.3, -0.25) is 0 Å². The van der Waals surface area contributed by atoms with Crippen molar-refractivity contribution >= 4 is 5.69 Å². The Labute approximate surface area is 111 Å². The lowest BCUT2D eigenvalue weighted by molar-refractivity contribution is -0.00630. The normalized spacial score (nSPS) is 22.3. The van der Waals surface area contributed by atoms with Crippen molar-refractivity contribution in [2.24, 2.45) is 0 Å². The summed E-state index contributed by atoms with van der Waals surface area (Å²) < 4.78 is 76.1. The second-order valence-electron chi connectivity index (χ2n) is 4.49. The first-order valence-electron chi connectivity index (χ1n) is 5.80. The summed E-state index contributed by atoms with van der Waals surface area (Å²) in [6.07, 6.45) is 0.450. The molecule has 1 atom stereocenters. The van der Waals surface area contributed by atoms with Gasteiger partial charge in [-0.05, 0) is 0 Å². The molecule has 0 saturated carbocycles. The van der Waals surface area contributed by atoms with Crippen LogP contribution in [0.5, 0.6) is 0 Å². The fourth-order valence-electron chi connectivity index (χ4n) is 1.97. The van der Waals surface area contributed by atoms with Crippen LogP contribution in [0.1, 0.15) is 6.42 Å². The first-order chi connectivity index (χ1) is 9.42. The summed E-state index contributed by atoms with van der Waals surface area (Å²) in [6, 6.07) is 0. The predicted octanol–water partition coefficient (Wildman–Crippen LogP) is 2.60. The highest BCUT2D eigenvalue weighted by Gasteiger charge is 2.36. The Hall–Kier alpha value is -1.41. The highest BCUT2D eigenvalue weighted by atomic mass is 19.2. The van der Waals surface area contributed by atoms with E-state index in [1.165, 1.54) is 7.11 Å². The van der Waals surface area contributed by atoms with Crippen LogP contribution in [-0.4, -0.2) is 32.5 Å². The third-order valence-electron chi connectivity index (χ3n) is 3.30. The summed E-state index contributed by atoms with van der Waals surface area (Å²) in [4.78, 5) is 0. The van der Waals surface area contributed by atoms with Gasteiger partial charge in [-0.1, -0.05) is 0 Å². The molecule has 1 saturated heterocycles. The number of benzene rings is 1. The van der Waals surface area contributed by atoms with Crippen LogP contribution in [0.15, 0.2) is 0 Å². The number of hydrogen-bond acceptors (Lipinski definition) is 3. The fraction of sp³-hybridized carbons (Fsp3) is 0.500. The molecule has 1 aliphatic rings. The number of hydrogen-bond donors (Lipinski definition) is 1. The topological polar surface area (TPSA) is 30.5 Å². The van der Waals surface area contributed by atoms with Crippen molar-refractivity contribution in [2.45, 2.75) is 12.0 Å². The van der Waals surface area contributed by atoms with Gasteiger partial charge in [-0.15, -0.1) is 0 Å². The van der Waals surface area contributed by atoms with Gasteiger partial charge in [0.05, 0.1) is 6.61 Å². The molecule has 2 rings (SSSR count). The monoisotopic (exact) mass is 297 g/mol. The third kappa shape index (κ3) is 2.45. The van der Waals surface area contributed by atoms with Gasteiger partial charge in [0.25, 0.3) is 0 Å². The van der Waals surface area contributed by atoms with E-state index in [0.717, 1.165) is 0 Å². The molecule has 1 heterocycles. The molecule has 0 aromatic heterocycles. The molecule has 1 aliphatic heterocycles. The number of ether oxygens (including phenoxy) is 2. The van der Waals surface area contributed by atoms with Gasteiger partial charge in [-0.2, -0.15) is 0 Å². The molecule has 1 N–H and O–H groups in total. The maximum atomic E-state index is 13.4. The van der Waals surface area contributed by atoms with Crippen molar-refractivity contribution in [3.05, 3.63) is 29.1 Å². The van der Waals surface area contributed by atoms with Gasteiger partial charge < -0.3 is 14.8 Å². The lowest BCUT2D eigenvalue weighted by Gasteiger charge is -2.26. The maximum Gasteiger partial charge on any atom is 0.200 e. The molecule has 1 aromatic rings. The van der Waals surface area contributed by atoms with Crippen molar-refractivity contribution in [3.8, 4) is 0 Å². The minimum Gasteiger partial charge on any atom is -0.378 e. The van der Waals surface area contributed by atoms with Crippen LogP contribution in [-0.2, 0) is 9.47 Å². The van der Waals surface area contributed by atoms with E-state index in [4.69, 9.17) is 9.47 Å². The van der Waals surface area contributed by atoms with Gasteiger partial charge in [0.15, 0.2) is 23.3 Å². The van der Waals surface area contributed by atoms with Gasteiger partial charge >= 0.3 is 0 Å². The van der Waals surface area contributed by atoms with E-state index in [0.29, 0.717) is 13.0 Å². The molecule has 3 nitrogen and oxygen atoms in total. The maximum absolute atomic E-state index is 13.4. The lowest BCUT2D eigenvalue weighted by atomic mass is 10.0. The molecule has 1 aromatic carbocycles. The molecule has 112 valence electrons. The first-order valence-corrected chi connectivity index (χ1v) is 5.80. The van der Waals surface area contributed by atoms with Crippen LogP contribution in [0, 0.1) is 29.1 Å². The summed E-state index contributed by atoms with van der Waals surface area (Å²) >= 11 is 0. The van der Waals surface area contributed by atoms with E-state index in [2.05, 4.69) is 5.32 Å². The zero-order valence-corrected chi connectivity index (χ0v) is 10.5. The molecule has 0 bridgehead atoms. The Morgan fingerprint density at radius 2 is 1.60 bits per heavy atom. The standard InChI is InChI=1S/C12H12F5NO2/c1-19-12(2-3-20-5-12)4-18-11-9(16)7(14)6(13)8(15)10(11)17/h18H,2-5H2,1H3. The largest absolute Gasteiger partial charge is 0.378 e. The Kier molecular flexibility index (Phi) is 4.14. The van der Waals surface area contributed by atoms with Crippen molar-refractivity contribution in [3.63, 3.8) is 0 Å². The first kappa shape index (κ1) is 15.0. The molecule has 0 radical (unpaired) electrons. The van der Waals surface area contributed by atoms with E-state index in [1.54, 1.807) is 0 Å². The number of methoxy groups -OCH3 is 1. The Bertz CT molecular complexity index is 488. The van der Waals surface area contributed by atoms with Gasteiger partial charge in [0.2, 0.25) is 5.82 Å². The Morgan fingerprint density at radius 3 is 2.05 bits per heavy atom. The highest BCUT2D eigenvalue weighted by Crippen LogP contribution is 2.29. The molecule has 8 heteroatoms. The average Bonchev–Trinajstić information content (AvgIpc) is 2.92. The van der Waals surface area contributed by atoms with Gasteiger partial charge in [-0.25, -0.2) is 22.0 Å². The zero-order chi connectivity index (χ0) is 14.9. The van der Waals surface area contributed by atoms with E-state index >= 15 is 0 Å². The van der Waals surface area contributed by atoms with Crippen molar-refractivity contribution in [1.29, 1.82) is 0 Å². The summed E-state index contributed by atoms with van der Waals surface area (Å²) in [5, 5.41) is 2.22. The summed E-state index contributed by atoms with van der Waals surface area (Å²) in [7, 11) is 1.38. The Balaban J connectivity index is 2.26. The predicted molar refractivity (Wildman–Crippen MR) is 59.9 cm³/mol. The number of rotatable bonds is 4. The van der Waals surface area contributed by atoms with Crippen LogP contribution in [0.2, 0.25) is 0 Å². The van der Waals surface area contributed by atoms with E-state index in [-0.39, 0.29) is 13.2 Å². The molecule has 1 fully saturated rings. The zero-order valence-electron chi connectivity index (χ0n) is 10.5. The molecule has 0 aliphatic carbocycles. The van der Waals surface area contributed by atoms with E-state index in [9.17, 15) is 22.0 Å². The van der Waals surface area contributed by atoms with Crippen molar-refractivity contribution in [1.82, 2.24) is 0 Å². The summed E-state index contributed by atoms with van der Waals surface area (Å²) in [5.41, 5.74) is -1.91. The fourth-order valence-corrected chi connectivity index (χ4v) is 1.97. The van der Waals surface area contributed by atoms with Crippen LogP contribution >= 0.6 is 0 Å². The molecular weight excluding hydrogens is 285 g/mol. The lowest BCUT2D eigenvalue weighted by Crippen LogP contribution is -2.40. The third-order valence-corrected chi connectivity index (χ3v) is 3.30. The average molecular weight is 297 g/mol. The molecule has 0 spiro atoms. The van der Waals surface area contributed by atoms with Gasteiger partial charge in [0, 0.05) is 26.7 Å².